The topological polar surface area (TPSA) is 61.3 Å². The van der Waals surface area contributed by atoms with Crippen LogP contribution in [0.4, 0.5) is 22.0 Å². The Kier molecular flexibility index (Phi) is 4.96. The number of halogens is 1. The SMILES string of the molecule is Cc1ncnc(N2CCCC(N(C)c3ccnc(N(C)C)n3)C2)c1F. The lowest BCUT2D eigenvalue weighted by Gasteiger charge is -2.38. The third-order valence-electron chi connectivity index (χ3n) is 4.58. The minimum Gasteiger partial charge on any atom is -0.355 e. The van der Waals surface area contributed by atoms with Crippen LogP contribution in [0.1, 0.15) is 18.5 Å². The van der Waals surface area contributed by atoms with E-state index in [-0.39, 0.29) is 11.9 Å². The van der Waals surface area contributed by atoms with Gasteiger partial charge in [0, 0.05) is 46.5 Å². The number of rotatable bonds is 4. The summed E-state index contributed by atoms with van der Waals surface area (Å²) in [6, 6.07) is 2.13. The van der Waals surface area contributed by atoms with Gasteiger partial charge in [0.25, 0.3) is 0 Å². The molecule has 2 aromatic heterocycles. The number of piperidine rings is 1. The summed E-state index contributed by atoms with van der Waals surface area (Å²) in [7, 11) is 5.86. The summed E-state index contributed by atoms with van der Waals surface area (Å²) >= 11 is 0. The first-order valence-corrected chi connectivity index (χ1v) is 8.42. The molecule has 2 aromatic rings. The molecule has 3 rings (SSSR count). The van der Waals surface area contributed by atoms with E-state index in [4.69, 9.17) is 0 Å². The number of anilines is 3. The predicted octanol–water partition coefficient (Wildman–Crippen LogP) is 1.89. The van der Waals surface area contributed by atoms with Crippen LogP contribution in [-0.2, 0) is 0 Å². The Balaban J connectivity index is 1.79. The molecule has 0 spiro atoms. The lowest BCUT2D eigenvalue weighted by atomic mass is 10.0. The molecule has 0 N–H and O–H groups in total. The van der Waals surface area contributed by atoms with Gasteiger partial charge >= 0.3 is 0 Å². The average Bonchev–Trinajstić information content (AvgIpc) is 2.63. The molecule has 0 radical (unpaired) electrons. The van der Waals surface area contributed by atoms with Crippen molar-refractivity contribution in [2.24, 2.45) is 0 Å². The minimum absolute atomic E-state index is 0.230. The second-order valence-electron chi connectivity index (χ2n) is 6.56. The Labute approximate surface area is 147 Å². The van der Waals surface area contributed by atoms with E-state index >= 15 is 0 Å². The maximum atomic E-state index is 14.4. The third kappa shape index (κ3) is 3.62. The van der Waals surface area contributed by atoms with Crippen LogP contribution in [-0.4, -0.2) is 60.2 Å². The van der Waals surface area contributed by atoms with Crippen molar-refractivity contribution in [3.8, 4) is 0 Å². The van der Waals surface area contributed by atoms with Crippen LogP contribution in [0.2, 0.25) is 0 Å². The Morgan fingerprint density at radius 2 is 2.00 bits per heavy atom. The Morgan fingerprint density at radius 3 is 2.76 bits per heavy atom. The number of hydrogen-bond acceptors (Lipinski definition) is 7. The van der Waals surface area contributed by atoms with E-state index in [1.54, 1.807) is 13.1 Å². The molecule has 8 heteroatoms. The number of hydrogen-bond donors (Lipinski definition) is 0. The lowest BCUT2D eigenvalue weighted by molar-refractivity contribution is 0.474. The molecule has 1 aliphatic heterocycles. The highest BCUT2D eigenvalue weighted by Gasteiger charge is 2.27. The van der Waals surface area contributed by atoms with Crippen molar-refractivity contribution in [3.63, 3.8) is 0 Å². The monoisotopic (exact) mass is 345 g/mol. The van der Waals surface area contributed by atoms with E-state index < -0.39 is 0 Å². The van der Waals surface area contributed by atoms with Gasteiger partial charge in [-0.05, 0) is 25.8 Å². The van der Waals surface area contributed by atoms with Gasteiger partial charge in [-0.2, -0.15) is 4.98 Å². The predicted molar refractivity (Wildman–Crippen MR) is 96.7 cm³/mol. The molecule has 1 unspecified atom stereocenters. The minimum atomic E-state index is -0.331. The molecule has 0 aromatic carbocycles. The fraction of sp³-hybridized carbons (Fsp3) is 0.529. The first kappa shape index (κ1) is 17.3. The summed E-state index contributed by atoms with van der Waals surface area (Å²) in [5.41, 5.74) is 0.381. The van der Waals surface area contributed by atoms with Crippen LogP contribution in [0.25, 0.3) is 0 Å². The molecule has 1 saturated heterocycles. The van der Waals surface area contributed by atoms with E-state index in [1.165, 1.54) is 6.33 Å². The second-order valence-corrected chi connectivity index (χ2v) is 6.56. The molecule has 3 heterocycles. The normalized spacial score (nSPS) is 17.5. The molecule has 1 aliphatic rings. The van der Waals surface area contributed by atoms with Crippen molar-refractivity contribution in [3.05, 3.63) is 30.1 Å². The van der Waals surface area contributed by atoms with Crippen LogP contribution in [0.5, 0.6) is 0 Å². The molecule has 25 heavy (non-hydrogen) atoms. The molecular formula is C17H24FN7. The zero-order valence-electron chi connectivity index (χ0n) is 15.1. The molecule has 0 amide bonds. The van der Waals surface area contributed by atoms with Gasteiger partial charge in [0.1, 0.15) is 12.1 Å². The molecule has 0 saturated carbocycles. The van der Waals surface area contributed by atoms with Crippen LogP contribution in [0, 0.1) is 12.7 Å². The van der Waals surface area contributed by atoms with Crippen molar-refractivity contribution in [2.75, 3.05) is 48.9 Å². The highest BCUT2D eigenvalue weighted by atomic mass is 19.1. The Hall–Kier alpha value is -2.51. The maximum Gasteiger partial charge on any atom is 0.226 e. The summed E-state index contributed by atoms with van der Waals surface area (Å²) in [5.74, 6) is 1.60. The van der Waals surface area contributed by atoms with Crippen LogP contribution >= 0.6 is 0 Å². The van der Waals surface area contributed by atoms with Crippen molar-refractivity contribution in [1.29, 1.82) is 0 Å². The zero-order valence-corrected chi connectivity index (χ0v) is 15.1. The lowest BCUT2D eigenvalue weighted by Crippen LogP contribution is -2.47. The first-order valence-electron chi connectivity index (χ1n) is 8.42. The zero-order chi connectivity index (χ0) is 18.0. The van der Waals surface area contributed by atoms with Crippen LogP contribution in [0.3, 0.4) is 0 Å². The average molecular weight is 345 g/mol. The third-order valence-corrected chi connectivity index (χ3v) is 4.58. The smallest absolute Gasteiger partial charge is 0.226 e. The van der Waals surface area contributed by atoms with Gasteiger partial charge in [-0.1, -0.05) is 0 Å². The van der Waals surface area contributed by atoms with Gasteiger partial charge in [-0.3, -0.25) is 0 Å². The highest BCUT2D eigenvalue weighted by molar-refractivity contribution is 5.46. The van der Waals surface area contributed by atoms with Crippen molar-refractivity contribution in [1.82, 2.24) is 19.9 Å². The molecule has 1 atom stereocenters. The van der Waals surface area contributed by atoms with Gasteiger partial charge < -0.3 is 14.7 Å². The van der Waals surface area contributed by atoms with Crippen molar-refractivity contribution in [2.45, 2.75) is 25.8 Å². The Morgan fingerprint density at radius 1 is 1.20 bits per heavy atom. The fourth-order valence-electron chi connectivity index (χ4n) is 3.07. The molecule has 134 valence electrons. The van der Waals surface area contributed by atoms with Gasteiger partial charge in [0.05, 0.1) is 5.69 Å². The van der Waals surface area contributed by atoms with Gasteiger partial charge in [-0.15, -0.1) is 0 Å². The molecular weight excluding hydrogens is 321 g/mol. The van der Waals surface area contributed by atoms with Gasteiger partial charge in [-0.25, -0.2) is 19.3 Å². The summed E-state index contributed by atoms with van der Waals surface area (Å²) in [4.78, 5) is 23.0. The quantitative estimate of drug-likeness (QED) is 0.838. The maximum absolute atomic E-state index is 14.4. The summed E-state index contributed by atoms with van der Waals surface area (Å²) in [5, 5.41) is 0. The van der Waals surface area contributed by atoms with E-state index in [0.29, 0.717) is 24.0 Å². The molecule has 0 bridgehead atoms. The number of nitrogens with zero attached hydrogens (tertiary/aromatic N) is 7. The fourth-order valence-corrected chi connectivity index (χ4v) is 3.07. The summed E-state index contributed by atoms with van der Waals surface area (Å²) in [6.07, 6.45) is 5.19. The largest absolute Gasteiger partial charge is 0.355 e. The molecule has 1 fully saturated rings. The van der Waals surface area contributed by atoms with E-state index in [9.17, 15) is 4.39 Å². The first-order chi connectivity index (χ1) is 12.0. The van der Waals surface area contributed by atoms with Crippen LogP contribution in [0.15, 0.2) is 18.6 Å². The summed E-state index contributed by atoms with van der Waals surface area (Å²) < 4.78 is 14.4. The number of likely N-dealkylation sites (N-methyl/N-ethyl adjacent to an activating group) is 1. The number of aryl methyl sites for hydroxylation is 1. The van der Waals surface area contributed by atoms with Gasteiger partial charge in [0.2, 0.25) is 5.95 Å². The van der Waals surface area contributed by atoms with Crippen LogP contribution < -0.4 is 14.7 Å². The van der Waals surface area contributed by atoms with E-state index in [2.05, 4.69) is 24.8 Å². The van der Waals surface area contributed by atoms with E-state index in [1.807, 2.05) is 37.0 Å². The Bertz CT molecular complexity index is 737. The highest BCUT2D eigenvalue weighted by Crippen LogP contribution is 2.25. The second kappa shape index (κ2) is 7.16. The molecule has 7 nitrogen and oxygen atoms in total. The standard InChI is InChI=1S/C17H24FN7/c1-12-15(18)16(21-11-20-12)25-9-5-6-13(10-25)24(4)14-7-8-19-17(22-14)23(2)3/h7-8,11,13H,5-6,9-10H2,1-4H3. The van der Waals surface area contributed by atoms with Crippen molar-refractivity contribution >= 4 is 17.6 Å². The number of aromatic nitrogens is 4. The van der Waals surface area contributed by atoms with E-state index in [0.717, 1.165) is 25.2 Å². The summed E-state index contributed by atoms with van der Waals surface area (Å²) in [6.45, 7) is 3.16. The van der Waals surface area contributed by atoms with Gasteiger partial charge in [0.15, 0.2) is 11.6 Å². The van der Waals surface area contributed by atoms with Crippen molar-refractivity contribution < 1.29 is 4.39 Å². The molecule has 0 aliphatic carbocycles.